The number of sulfone groups is 1. The first kappa shape index (κ1) is 18.9. The molecule has 3 rings (SSSR count). The lowest BCUT2D eigenvalue weighted by Gasteiger charge is -2.24. The van der Waals surface area contributed by atoms with Gasteiger partial charge in [-0.2, -0.15) is 4.99 Å². The fourth-order valence-corrected chi connectivity index (χ4v) is 7.16. The number of hydrogen-bond donors (Lipinski definition) is 0. The number of rotatable bonds is 6. The van der Waals surface area contributed by atoms with Crippen molar-refractivity contribution in [2.75, 3.05) is 18.1 Å². The Labute approximate surface area is 156 Å². The Morgan fingerprint density at radius 2 is 1.92 bits per heavy atom. The molecule has 2 heterocycles. The number of carbonyl (C=O) groups excluding carboxylic acids is 2. The molecule has 140 valence electrons. The van der Waals surface area contributed by atoms with Crippen LogP contribution in [0, 0.1) is 0 Å². The number of aliphatic carboxylic acids is 1. The van der Waals surface area contributed by atoms with Gasteiger partial charge in [-0.25, -0.2) is 8.42 Å². The first-order valence-electron chi connectivity index (χ1n) is 8.33. The number of amidine groups is 1. The largest absolute Gasteiger partial charge is 0.550 e. The lowest BCUT2D eigenvalue weighted by atomic mass is 10.1. The Morgan fingerprint density at radius 1 is 1.19 bits per heavy atom. The van der Waals surface area contributed by atoms with Crippen LogP contribution in [0.4, 0.5) is 0 Å². The lowest BCUT2D eigenvalue weighted by Crippen LogP contribution is -2.39. The van der Waals surface area contributed by atoms with E-state index in [9.17, 15) is 23.1 Å². The van der Waals surface area contributed by atoms with Gasteiger partial charge in [0.15, 0.2) is 15.0 Å². The summed E-state index contributed by atoms with van der Waals surface area (Å²) in [5.41, 5.74) is 1.12. The lowest BCUT2D eigenvalue weighted by molar-refractivity contribution is -0.305. The maximum absolute atomic E-state index is 12.0. The number of fused-ring (bicyclic) bond motifs is 1. The molecule has 0 saturated carbocycles. The monoisotopic (exact) mass is 395 g/mol. The fourth-order valence-electron chi connectivity index (χ4n) is 3.16. The van der Waals surface area contributed by atoms with Gasteiger partial charge in [-0.05, 0) is 18.4 Å². The Bertz CT molecular complexity index is 823. The Morgan fingerprint density at radius 3 is 2.62 bits per heavy atom. The van der Waals surface area contributed by atoms with Crippen LogP contribution in [0.15, 0.2) is 35.3 Å². The fraction of sp³-hybridized carbons (Fsp3) is 0.471. The number of hydrogen-bond acceptors (Lipinski definition) is 6. The number of carbonyl (C=O) groups is 2. The van der Waals surface area contributed by atoms with E-state index >= 15 is 0 Å². The van der Waals surface area contributed by atoms with E-state index in [1.807, 2.05) is 35.2 Å². The minimum Gasteiger partial charge on any atom is -0.550 e. The first-order valence-corrected chi connectivity index (χ1v) is 11.0. The zero-order valence-electron chi connectivity index (χ0n) is 14.0. The highest BCUT2D eigenvalue weighted by Gasteiger charge is 2.48. The van der Waals surface area contributed by atoms with Gasteiger partial charge < -0.3 is 14.8 Å². The molecule has 2 atom stereocenters. The van der Waals surface area contributed by atoms with E-state index in [0.29, 0.717) is 18.1 Å². The molecule has 2 aliphatic heterocycles. The third-order valence-corrected chi connectivity index (χ3v) is 7.67. The number of aliphatic imine (C=N–C) groups is 1. The molecule has 0 spiro atoms. The summed E-state index contributed by atoms with van der Waals surface area (Å²) in [6.07, 6.45) is 0.120. The molecule has 9 heteroatoms. The zero-order chi connectivity index (χ0) is 18.7. The highest BCUT2D eigenvalue weighted by Crippen LogP contribution is 2.38. The summed E-state index contributed by atoms with van der Waals surface area (Å²) in [5, 5.41) is 10.9. The van der Waals surface area contributed by atoms with Gasteiger partial charge in [0.1, 0.15) is 0 Å². The molecular formula is C17H19N2O5S2-. The van der Waals surface area contributed by atoms with Gasteiger partial charge in [-0.3, -0.25) is 4.79 Å². The van der Waals surface area contributed by atoms with E-state index in [0.717, 1.165) is 5.56 Å². The Hall–Kier alpha value is -1.87. The summed E-state index contributed by atoms with van der Waals surface area (Å²) in [4.78, 5) is 28.4. The van der Waals surface area contributed by atoms with Crippen molar-refractivity contribution in [1.82, 2.24) is 4.90 Å². The van der Waals surface area contributed by atoms with E-state index < -0.39 is 21.7 Å². The Kier molecular flexibility index (Phi) is 5.67. The number of thioether (sulfide) groups is 1. The van der Waals surface area contributed by atoms with Crippen molar-refractivity contribution in [3.8, 4) is 0 Å². The number of benzene rings is 1. The molecule has 0 aromatic heterocycles. The van der Waals surface area contributed by atoms with Crippen LogP contribution in [0.25, 0.3) is 0 Å². The standard InChI is InChI=1S/C17H20N2O5S2/c20-15(6-7-16(21)22)18-17-19(9-8-12-4-2-1-3-5-12)13-10-26(23,24)11-14(13)25-17/h1-5,13-14H,6-11H2,(H,21,22)/p-1/t13-,14+/m0/s1. The third-order valence-electron chi connectivity index (χ3n) is 4.42. The molecule has 1 aromatic rings. The zero-order valence-corrected chi connectivity index (χ0v) is 15.7. The van der Waals surface area contributed by atoms with Gasteiger partial charge in [-0.1, -0.05) is 42.1 Å². The second-order valence-corrected chi connectivity index (χ2v) is 9.75. The molecule has 2 aliphatic rings. The predicted molar refractivity (Wildman–Crippen MR) is 97.4 cm³/mol. The molecule has 7 nitrogen and oxygen atoms in total. The number of carboxylic acids is 1. The van der Waals surface area contributed by atoms with Crippen LogP contribution in [0.1, 0.15) is 18.4 Å². The molecule has 0 radical (unpaired) electrons. The van der Waals surface area contributed by atoms with E-state index in [2.05, 4.69) is 4.99 Å². The highest BCUT2D eigenvalue weighted by molar-refractivity contribution is 8.15. The molecule has 1 amide bonds. The van der Waals surface area contributed by atoms with Crippen molar-refractivity contribution in [2.45, 2.75) is 30.6 Å². The van der Waals surface area contributed by atoms with E-state index in [1.54, 1.807) is 0 Å². The van der Waals surface area contributed by atoms with Gasteiger partial charge in [0.25, 0.3) is 0 Å². The quantitative estimate of drug-likeness (QED) is 0.660. The van der Waals surface area contributed by atoms with Crippen LogP contribution in [-0.2, 0) is 25.8 Å². The summed E-state index contributed by atoms with van der Waals surface area (Å²) in [6, 6.07) is 9.60. The van der Waals surface area contributed by atoms with E-state index in [1.165, 1.54) is 11.8 Å². The number of carboxylic acid groups (broad SMARTS) is 1. The normalized spacial score (nSPS) is 25.4. The van der Waals surface area contributed by atoms with Gasteiger partial charge >= 0.3 is 0 Å². The molecule has 2 fully saturated rings. The van der Waals surface area contributed by atoms with Crippen LogP contribution in [-0.4, -0.2) is 59.7 Å². The van der Waals surface area contributed by atoms with E-state index in [-0.39, 0.29) is 35.6 Å². The SMILES string of the molecule is O=C([O-])CCC(=O)N=C1S[C@@H]2CS(=O)(=O)C[C@@H]2N1CCc1ccccc1. The molecule has 26 heavy (non-hydrogen) atoms. The summed E-state index contributed by atoms with van der Waals surface area (Å²) < 4.78 is 23.9. The van der Waals surface area contributed by atoms with Crippen molar-refractivity contribution in [3.05, 3.63) is 35.9 Å². The maximum Gasteiger partial charge on any atom is 0.248 e. The predicted octanol–water partition coefficient (Wildman–Crippen LogP) is -0.144. The molecule has 0 bridgehead atoms. The van der Waals surface area contributed by atoms with Crippen LogP contribution in [0.3, 0.4) is 0 Å². The third kappa shape index (κ3) is 4.64. The molecule has 0 N–H and O–H groups in total. The minimum atomic E-state index is -3.08. The maximum atomic E-state index is 12.0. The van der Waals surface area contributed by atoms with Gasteiger partial charge in [0, 0.05) is 24.2 Å². The van der Waals surface area contributed by atoms with Crippen LogP contribution in [0.5, 0.6) is 0 Å². The van der Waals surface area contributed by atoms with Gasteiger partial charge in [0.2, 0.25) is 5.91 Å². The van der Waals surface area contributed by atoms with Crippen LogP contribution >= 0.6 is 11.8 Å². The van der Waals surface area contributed by atoms with Crippen molar-refractivity contribution in [2.24, 2.45) is 4.99 Å². The highest BCUT2D eigenvalue weighted by atomic mass is 32.2. The summed E-state index contributed by atoms with van der Waals surface area (Å²) >= 11 is 1.30. The second kappa shape index (κ2) is 7.79. The van der Waals surface area contributed by atoms with Crippen LogP contribution in [0.2, 0.25) is 0 Å². The van der Waals surface area contributed by atoms with Crippen molar-refractivity contribution < 1.29 is 23.1 Å². The van der Waals surface area contributed by atoms with Crippen molar-refractivity contribution >= 4 is 38.6 Å². The smallest absolute Gasteiger partial charge is 0.248 e. The first-order chi connectivity index (χ1) is 12.3. The minimum absolute atomic E-state index is 0.0612. The molecular weight excluding hydrogens is 376 g/mol. The average molecular weight is 395 g/mol. The topological polar surface area (TPSA) is 107 Å². The molecule has 2 saturated heterocycles. The van der Waals surface area contributed by atoms with Crippen LogP contribution < -0.4 is 5.11 Å². The number of nitrogens with zero attached hydrogens (tertiary/aromatic N) is 2. The van der Waals surface area contributed by atoms with E-state index in [4.69, 9.17) is 0 Å². The van der Waals surface area contributed by atoms with Crippen molar-refractivity contribution in [1.29, 1.82) is 0 Å². The molecule has 1 aromatic carbocycles. The van der Waals surface area contributed by atoms with Gasteiger partial charge in [-0.15, -0.1) is 0 Å². The van der Waals surface area contributed by atoms with Gasteiger partial charge in [0.05, 0.1) is 17.5 Å². The molecule has 0 aliphatic carbocycles. The number of amides is 1. The Balaban J connectivity index is 1.74. The second-order valence-electron chi connectivity index (χ2n) is 6.39. The molecule has 0 unspecified atom stereocenters. The average Bonchev–Trinajstić information content (AvgIpc) is 3.03. The summed E-state index contributed by atoms with van der Waals surface area (Å²) in [7, 11) is -3.08. The van der Waals surface area contributed by atoms with Crippen molar-refractivity contribution in [3.63, 3.8) is 0 Å². The summed E-state index contributed by atoms with van der Waals surface area (Å²) in [6.45, 7) is 0.556. The summed E-state index contributed by atoms with van der Waals surface area (Å²) in [5.74, 6) is -1.67.